The number of carboxylic acid groups (broad SMARTS) is 1. The van der Waals surface area contributed by atoms with Crippen LogP contribution in [-0.4, -0.2) is 40.2 Å². The van der Waals surface area contributed by atoms with E-state index in [1.165, 1.54) is 0 Å². The fraction of sp³-hybridized carbons (Fsp3) is 0.615. The van der Waals surface area contributed by atoms with Crippen LogP contribution < -0.4 is 9.64 Å². The van der Waals surface area contributed by atoms with Crippen molar-refractivity contribution in [2.45, 2.75) is 32.8 Å². The fourth-order valence-electron chi connectivity index (χ4n) is 1.78. The quantitative estimate of drug-likeness (QED) is 0.806. The summed E-state index contributed by atoms with van der Waals surface area (Å²) in [6.07, 6.45) is 3.93. The van der Waals surface area contributed by atoms with Gasteiger partial charge in [0.15, 0.2) is 0 Å². The highest BCUT2D eigenvalue weighted by Crippen LogP contribution is 2.30. The number of hydrogen-bond acceptors (Lipinski definition) is 5. The molecule has 1 aliphatic carbocycles. The van der Waals surface area contributed by atoms with E-state index in [9.17, 15) is 4.79 Å². The SMILES string of the molecule is CC(C)Oc1ccnc(N(CC(=O)O)CC2CC2)n1. The molecule has 0 radical (unpaired) electrons. The van der Waals surface area contributed by atoms with Gasteiger partial charge in [0.05, 0.1) is 6.10 Å². The van der Waals surface area contributed by atoms with Gasteiger partial charge in [-0.2, -0.15) is 4.98 Å². The van der Waals surface area contributed by atoms with Crippen molar-refractivity contribution in [2.75, 3.05) is 18.0 Å². The van der Waals surface area contributed by atoms with Gasteiger partial charge >= 0.3 is 5.97 Å². The Hall–Kier alpha value is -1.85. The Bertz CT molecular complexity index is 447. The van der Waals surface area contributed by atoms with Crippen LogP contribution in [0.2, 0.25) is 0 Å². The van der Waals surface area contributed by atoms with Crippen molar-refractivity contribution in [3.05, 3.63) is 12.3 Å². The van der Waals surface area contributed by atoms with Crippen LogP contribution in [-0.2, 0) is 4.79 Å². The zero-order valence-corrected chi connectivity index (χ0v) is 11.2. The number of aliphatic carboxylic acids is 1. The molecule has 0 atom stereocenters. The molecular formula is C13H19N3O3. The summed E-state index contributed by atoms with van der Waals surface area (Å²) in [6, 6.07) is 1.68. The maximum absolute atomic E-state index is 10.9. The molecule has 6 heteroatoms. The lowest BCUT2D eigenvalue weighted by Crippen LogP contribution is -2.33. The van der Waals surface area contributed by atoms with Crippen LogP contribution in [0.3, 0.4) is 0 Å². The summed E-state index contributed by atoms with van der Waals surface area (Å²) in [7, 11) is 0. The maximum atomic E-state index is 10.9. The van der Waals surface area contributed by atoms with Crippen molar-refractivity contribution in [1.29, 1.82) is 0 Å². The molecular weight excluding hydrogens is 246 g/mol. The lowest BCUT2D eigenvalue weighted by Gasteiger charge is -2.20. The average Bonchev–Trinajstić information content (AvgIpc) is 3.11. The molecule has 2 rings (SSSR count). The molecule has 0 spiro atoms. The van der Waals surface area contributed by atoms with Gasteiger partial charge in [0.25, 0.3) is 0 Å². The Labute approximate surface area is 112 Å². The Morgan fingerprint density at radius 3 is 2.89 bits per heavy atom. The zero-order valence-electron chi connectivity index (χ0n) is 11.2. The summed E-state index contributed by atoms with van der Waals surface area (Å²) in [6.45, 7) is 4.45. The summed E-state index contributed by atoms with van der Waals surface area (Å²) in [5, 5.41) is 8.96. The molecule has 0 aliphatic heterocycles. The number of aromatic nitrogens is 2. The molecule has 19 heavy (non-hydrogen) atoms. The number of rotatable bonds is 7. The van der Waals surface area contributed by atoms with E-state index in [2.05, 4.69) is 9.97 Å². The Kier molecular flexibility index (Phi) is 4.19. The molecule has 1 aliphatic rings. The van der Waals surface area contributed by atoms with E-state index in [1.54, 1.807) is 17.2 Å². The minimum Gasteiger partial charge on any atom is -0.480 e. The predicted octanol–water partition coefficient (Wildman–Crippen LogP) is 1.56. The van der Waals surface area contributed by atoms with Gasteiger partial charge in [0, 0.05) is 18.8 Å². The highest BCUT2D eigenvalue weighted by atomic mass is 16.5. The summed E-state index contributed by atoms with van der Waals surface area (Å²) in [4.78, 5) is 21.0. The van der Waals surface area contributed by atoms with Crippen molar-refractivity contribution in [1.82, 2.24) is 9.97 Å². The minimum absolute atomic E-state index is 0.0269. The number of hydrogen-bond donors (Lipinski definition) is 1. The summed E-state index contributed by atoms with van der Waals surface area (Å²) < 4.78 is 5.51. The second-order valence-corrected chi connectivity index (χ2v) is 5.08. The van der Waals surface area contributed by atoms with Crippen LogP contribution >= 0.6 is 0 Å². The number of carbonyl (C=O) groups is 1. The predicted molar refractivity (Wildman–Crippen MR) is 70.4 cm³/mol. The molecule has 1 aromatic rings. The Morgan fingerprint density at radius 1 is 1.58 bits per heavy atom. The first kappa shape index (κ1) is 13.6. The van der Waals surface area contributed by atoms with Gasteiger partial charge in [-0.15, -0.1) is 0 Å². The van der Waals surface area contributed by atoms with Crippen molar-refractivity contribution in [3.63, 3.8) is 0 Å². The zero-order chi connectivity index (χ0) is 13.8. The summed E-state index contributed by atoms with van der Waals surface area (Å²) in [5.41, 5.74) is 0. The van der Waals surface area contributed by atoms with Crippen LogP contribution in [0.25, 0.3) is 0 Å². The van der Waals surface area contributed by atoms with E-state index in [0.29, 0.717) is 24.3 Å². The lowest BCUT2D eigenvalue weighted by molar-refractivity contribution is -0.135. The molecule has 1 heterocycles. The van der Waals surface area contributed by atoms with Crippen molar-refractivity contribution in [2.24, 2.45) is 5.92 Å². The van der Waals surface area contributed by atoms with Crippen LogP contribution in [0.1, 0.15) is 26.7 Å². The third kappa shape index (κ3) is 4.39. The first-order valence-electron chi connectivity index (χ1n) is 6.51. The monoisotopic (exact) mass is 265 g/mol. The van der Waals surface area contributed by atoms with Gasteiger partial charge in [-0.3, -0.25) is 4.79 Å². The van der Waals surface area contributed by atoms with Crippen molar-refractivity contribution >= 4 is 11.9 Å². The molecule has 1 N–H and O–H groups in total. The standard InChI is InChI=1S/C13H19N3O3/c1-9(2)19-11-5-6-14-13(15-11)16(8-12(17)18)7-10-3-4-10/h5-6,9-10H,3-4,7-8H2,1-2H3,(H,17,18). The largest absolute Gasteiger partial charge is 0.480 e. The number of carboxylic acids is 1. The minimum atomic E-state index is -0.876. The van der Waals surface area contributed by atoms with E-state index in [-0.39, 0.29) is 12.6 Å². The van der Waals surface area contributed by atoms with E-state index in [0.717, 1.165) is 12.8 Å². The molecule has 104 valence electrons. The van der Waals surface area contributed by atoms with E-state index in [4.69, 9.17) is 9.84 Å². The molecule has 0 saturated heterocycles. The number of ether oxygens (including phenoxy) is 1. The Balaban J connectivity index is 2.12. The third-order valence-corrected chi connectivity index (χ3v) is 2.76. The Morgan fingerprint density at radius 2 is 2.32 bits per heavy atom. The second-order valence-electron chi connectivity index (χ2n) is 5.08. The molecule has 0 amide bonds. The van der Waals surface area contributed by atoms with Crippen LogP contribution in [0.15, 0.2) is 12.3 Å². The lowest BCUT2D eigenvalue weighted by atomic mass is 10.3. The fourth-order valence-corrected chi connectivity index (χ4v) is 1.78. The van der Waals surface area contributed by atoms with Gasteiger partial charge in [0.1, 0.15) is 6.54 Å². The first-order chi connectivity index (χ1) is 9.04. The molecule has 0 aromatic carbocycles. The average molecular weight is 265 g/mol. The molecule has 0 unspecified atom stereocenters. The van der Waals surface area contributed by atoms with Crippen LogP contribution in [0.5, 0.6) is 5.88 Å². The van der Waals surface area contributed by atoms with Gasteiger partial charge in [-0.25, -0.2) is 4.98 Å². The highest BCUT2D eigenvalue weighted by molar-refractivity contribution is 5.72. The van der Waals surface area contributed by atoms with Crippen LogP contribution in [0.4, 0.5) is 5.95 Å². The third-order valence-electron chi connectivity index (χ3n) is 2.76. The molecule has 1 saturated carbocycles. The summed E-state index contributed by atoms with van der Waals surface area (Å²) in [5.74, 6) is 0.593. The van der Waals surface area contributed by atoms with Gasteiger partial charge < -0.3 is 14.7 Å². The maximum Gasteiger partial charge on any atom is 0.323 e. The van der Waals surface area contributed by atoms with Gasteiger partial charge in [-0.1, -0.05) is 0 Å². The number of nitrogens with zero attached hydrogens (tertiary/aromatic N) is 3. The van der Waals surface area contributed by atoms with E-state index >= 15 is 0 Å². The highest BCUT2D eigenvalue weighted by Gasteiger charge is 2.26. The summed E-state index contributed by atoms with van der Waals surface area (Å²) >= 11 is 0. The van der Waals surface area contributed by atoms with E-state index in [1.807, 2.05) is 13.8 Å². The first-order valence-corrected chi connectivity index (χ1v) is 6.51. The van der Waals surface area contributed by atoms with E-state index < -0.39 is 5.97 Å². The smallest absolute Gasteiger partial charge is 0.323 e. The molecule has 1 fully saturated rings. The van der Waals surface area contributed by atoms with Crippen molar-refractivity contribution in [3.8, 4) is 5.88 Å². The normalized spacial score (nSPS) is 14.5. The van der Waals surface area contributed by atoms with Gasteiger partial charge in [-0.05, 0) is 32.6 Å². The topological polar surface area (TPSA) is 75.5 Å². The van der Waals surface area contributed by atoms with Crippen LogP contribution in [0, 0.1) is 5.92 Å². The number of anilines is 1. The molecule has 6 nitrogen and oxygen atoms in total. The van der Waals surface area contributed by atoms with Crippen molar-refractivity contribution < 1.29 is 14.6 Å². The van der Waals surface area contributed by atoms with Gasteiger partial charge in [0.2, 0.25) is 11.8 Å². The molecule has 1 aromatic heterocycles. The molecule has 0 bridgehead atoms. The second kappa shape index (κ2) is 5.86.